The van der Waals surface area contributed by atoms with E-state index in [1.165, 1.54) is 0 Å². The zero-order valence-corrected chi connectivity index (χ0v) is 15.5. The van der Waals surface area contributed by atoms with Crippen molar-refractivity contribution >= 4 is 17.9 Å². The lowest BCUT2D eigenvalue weighted by Gasteiger charge is -2.47. The second-order valence-corrected chi connectivity index (χ2v) is 7.97. The van der Waals surface area contributed by atoms with Crippen molar-refractivity contribution < 1.29 is 19.1 Å². The number of hydrogen-bond donors (Lipinski definition) is 2. The number of hydrogen-bond acceptors (Lipinski definition) is 5. The third kappa shape index (κ3) is 3.19. The molecule has 1 aromatic carbocycles. The van der Waals surface area contributed by atoms with Gasteiger partial charge in [-0.15, -0.1) is 0 Å². The summed E-state index contributed by atoms with van der Waals surface area (Å²) in [5.41, 5.74) is -0.643. The highest BCUT2D eigenvalue weighted by atomic mass is 16.6. The maximum Gasteiger partial charge on any atom is 0.417 e. The molecule has 2 aliphatic rings. The van der Waals surface area contributed by atoms with Gasteiger partial charge in [0.25, 0.3) is 5.91 Å². The van der Waals surface area contributed by atoms with Crippen LogP contribution in [-0.2, 0) is 20.9 Å². The zero-order valence-electron chi connectivity index (χ0n) is 15.5. The lowest BCUT2D eigenvalue weighted by Crippen LogP contribution is -2.75. The second kappa shape index (κ2) is 6.39. The van der Waals surface area contributed by atoms with Gasteiger partial charge < -0.3 is 15.4 Å². The molecule has 2 heterocycles. The summed E-state index contributed by atoms with van der Waals surface area (Å²) in [7, 11) is 0. The highest BCUT2D eigenvalue weighted by molar-refractivity contribution is 6.08. The van der Waals surface area contributed by atoms with Crippen LogP contribution in [0.3, 0.4) is 0 Å². The van der Waals surface area contributed by atoms with E-state index >= 15 is 0 Å². The normalized spacial score (nSPS) is 28.1. The van der Waals surface area contributed by atoms with Crippen LogP contribution in [0.4, 0.5) is 4.79 Å². The second-order valence-electron chi connectivity index (χ2n) is 7.97. The molecule has 1 unspecified atom stereocenters. The average Bonchev–Trinajstić information content (AvgIpc) is 2.82. The Balaban J connectivity index is 1.65. The topological polar surface area (TPSA) is 87.7 Å². The quantitative estimate of drug-likeness (QED) is 0.797. The lowest BCUT2D eigenvalue weighted by atomic mass is 9.77. The van der Waals surface area contributed by atoms with Gasteiger partial charge in [0.2, 0.25) is 5.91 Å². The Labute approximate surface area is 153 Å². The first-order valence-corrected chi connectivity index (χ1v) is 8.78. The van der Waals surface area contributed by atoms with Crippen molar-refractivity contribution in [3.63, 3.8) is 0 Å². The Morgan fingerprint density at radius 3 is 2.54 bits per heavy atom. The number of nitrogens with one attached hydrogen (secondary N) is 2. The van der Waals surface area contributed by atoms with Gasteiger partial charge in [-0.2, -0.15) is 0 Å². The molecular weight excluding hydrogens is 334 g/mol. The molecule has 0 radical (unpaired) electrons. The highest BCUT2D eigenvalue weighted by Crippen LogP contribution is 2.38. The number of carbonyl (C=O) groups is 3. The molecule has 7 heteroatoms. The Morgan fingerprint density at radius 1 is 1.31 bits per heavy atom. The molecule has 3 amide bonds. The van der Waals surface area contributed by atoms with Gasteiger partial charge in [0.15, 0.2) is 0 Å². The van der Waals surface area contributed by atoms with E-state index in [0.29, 0.717) is 6.54 Å². The summed E-state index contributed by atoms with van der Waals surface area (Å²) in [5, 5.41) is 6.02. The van der Waals surface area contributed by atoms with Crippen LogP contribution >= 0.6 is 0 Å². The molecule has 2 aliphatic heterocycles. The summed E-state index contributed by atoms with van der Waals surface area (Å²) < 4.78 is 5.25. The molecule has 26 heavy (non-hydrogen) atoms. The summed E-state index contributed by atoms with van der Waals surface area (Å²) in [6, 6.07) is 9.26. The fourth-order valence-corrected chi connectivity index (χ4v) is 3.45. The first kappa shape index (κ1) is 18.4. The number of rotatable bonds is 3. The maximum atomic E-state index is 12.7. The molecule has 7 nitrogen and oxygen atoms in total. The highest BCUT2D eigenvalue weighted by Gasteiger charge is 2.65. The third-order valence-corrected chi connectivity index (χ3v) is 4.92. The fraction of sp³-hybridized carbons (Fsp3) is 0.526. The third-order valence-electron chi connectivity index (χ3n) is 4.92. The van der Waals surface area contributed by atoms with Crippen molar-refractivity contribution in [1.82, 2.24) is 15.5 Å². The Bertz CT molecular complexity index is 728. The number of amides is 3. The van der Waals surface area contributed by atoms with Gasteiger partial charge in [0.1, 0.15) is 11.1 Å². The molecule has 0 bridgehead atoms. The van der Waals surface area contributed by atoms with Crippen molar-refractivity contribution in [2.24, 2.45) is 5.92 Å². The molecule has 2 fully saturated rings. The minimum atomic E-state index is -1.03. The van der Waals surface area contributed by atoms with Crippen LogP contribution in [0.15, 0.2) is 30.3 Å². The van der Waals surface area contributed by atoms with Gasteiger partial charge in [-0.05, 0) is 26.3 Å². The zero-order chi connectivity index (χ0) is 19.1. The summed E-state index contributed by atoms with van der Waals surface area (Å²) in [4.78, 5) is 38.3. The summed E-state index contributed by atoms with van der Waals surface area (Å²) in [5.74, 6) is -0.896. The van der Waals surface area contributed by atoms with Crippen LogP contribution in [0.2, 0.25) is 0 Å². The van der Waals surface area contributed by atoms with Gasteiger partial charge >= 0.3 is 6.09 Å². The molecule has 0 aliphatic carbocycles. The molecule has 1 aromatic rings. The number of imide groups is 1. The largest absolute Gasteiger partial charge is 0.443 e. The lowest BCUT2D eigenvalue weighted by molar-refractivity contribution is -0.153. The molecule has 3 rings (SSSR count). The van der Waals surface area contributed by atoms with Crippen molar-refractivity contribution in [2.45, 2.75) is 51.4 Å². The van der Waals surface area contributed by atoms with Crippen molar-refractivity contribution in [3.05, 3.63) is 35.9 Å². The van der Waals surface area contributed by atoms with E-state index in [9.17, 15) is 14.4 Å². The van der Waals surface area contributed by atoms with Crippen LogP contribution in [0.25, 0.3) is 0 Å². The number of ether oxygens (including phenoxy) is 1. The molecule has 140 valence electrons. The van der Waals surface area contributed by atoms with Crippen LogP contribution in [0.1, 0.15) is 33.3 Å². The predicted molar refractivity (Wildman–Crippen MR) is 95.1 cm³/mol. The van der Waals surface area contributed by atoms with E-state index in [1.54, 1.807) is 20.8 Å². The molecule has 2 N–H and O–H groups in total. The van der Waals surface area contributed by atoms with E-state index in [4.69, 9.17) is 4.74 Å². The number of nitrogens with zero attached hydrogens (tertiary/aromatic N) is 1. The smallest absolute Gasteiger partial charge is 0.417 e. The Hall–Kier alpha value is -2.41. The van der Waals surface area contributed by atoms with E-state index < -0.39 is 29.2 Å². The first-order chi connectivity index (χ1) is 12.1. The van der Waals surface area contributed by atoms with Crippen LogP contribution in [0, 0.1) is 5.92 Å². The first-order valence-electron chi connectivity index (χ1n) is 8.78. The number of benzene rings is 1. The summed E-state index contributed by atoms with van der Waals surface area (Å²) in [6.45, 7) is 7.75. The number of carbonyl (C=O) groups excluding carboxylic acids is 3. The fourth-order valence-electron chi connectivity index (χ4n) is 3.45. The molecule has 1 spiro atoms. The number of likely N-dealkylation sites (tertiary alicyclic amines) is 1. The van der Waals surface area contributed by atoms with Gasteiger partial charge in [-0.25, -0.2) is 9.69 Å². The molecule has 0 aromatic heterocycles. The molecule has 2 saturated heterocycles. The van der Waals surface area contributed by atoms with Crippen molar-refractivity contribution in [2.75, 3.05) is 6.54 Å². The van der Waals surface area contributed by atoms with E-state index in [-0.39, 0.29) is 18.4 Å². The minimum Gasteiger partial charge on any atom is -0.443 e. The van der Waals surface area contributed by atoms with Gasteiger partial charge in [-0.1, -0.05) is 37.3 Å². The van der Waals surface area contributed by atoms with Crippen LogP contribution < -0.4 is 10.6 Å². The van der Waals surface area contributed by atoms with E-state index in [2.05, 4.69) is 10.6 Å². The van der Waals surface area contributed by atoms with E-state index in [1.807, 2.05) is 37.3 Å². The Morgan fingerprint density at radius 2 is 1.96 bits per heavy atom. The van der Waals surface area contributed by atoms with Crippen LogP contribution in [0.5, 0.6) is 0 Å². The van der Waals surface area contributed by atoms with Crippen LogP contribution in [-0.4, -0.2) is 46.5 Å². The monoisotopic (exact) mass is 359 g/mol. The van der Waals surface area contributed by atoms with Gasteiger partial charge in [-0.3, -0.25) is 9.59 Å². The molecular formula is C19H25N3O4. The SMILES string of the molecule is C[C@@H]1[C@H](NCc2ccccc2)C(=O)NC12CN(C(=O)OC(C)(C)C)C2=O. The molecule has 0 saturated carbocycles. The van der Waals surface area contributed by atoms with E-state index in [0.717, 1.165) is 10.5 Å². The Kier molecular flexibility index (Phi) is 4.52. The average molecular weight is 359 g/mol. The standard InChI is InChI=1S/C19H25N3O4/c1-12-14(20-10-13-8-6-5-7-9-13)15(23)21-19(12)11-22(16(19)24)17(25)26-18(2,3)4/h5-9,12,14,20H,10-11H2,1-4H3,(H,21,23)/t12-,14+,19?/m1/s1. The number of β-lactam (4-membered cyclic amide) rings is 1. The maximum absolute atomic E-state index is 12.7. The summed E-state index contributed by atoms with van der Waals surface area (Å²) in [6.07, 6.45) is -0.671. The van der Waals surface area contributed by atoms with Gasteiger partial charge in [0, 0.05) is 12.5 Å². The van der Waals surface area contributed by atoms with Crippen molar-refractivity contribution in [1.29, 1.82) is 0 Å². The summed E-state index contributed by atoms with van der Waals surface area (Å²) >= 11 is 0. The van der Waals surface area contributed by atoms with Crippen molar-refractivity contribution in [3.8, 4) is 0 Å². The minimum absolute atomic E-state index is 0.136. The predicted octanol–water partition coefficient (Wildman–Crippen LogP) is 1.43. The molecule has 3 atom stereocenters. The van der Waals surface area contributed by atoms with Gasteiger partial charge in [0.05, 0.1) is 12.6 Å².